The van der Waals surface area contributed by atoms with Gasteiger partial charge in [0.05, 0.1) is 11.9 Å². The first kappa shape index (κ1) is 27.8. The molecule has 0 bridgehead atoms. The molecule has 1 aromatic heterocycles. The molecule has 0 radical (unpaired) electrons. The maximum Gasteiger partial charge on any atom is 0.326 e. The summed E-state index contributed by atoms with van der Waals surface area (Å²) < 4.78 is 16.6. The number of hydrogen-bond acceptors (Lipinski definition) is 5. The van der Waals surface area contributed by atoms with Crippen LogP contribution in [0, 0.1) is 17.7 Å². The van der Waals surface area contributed by atoms with Crippen molar-refractivity contribution in [3.05, 3.63) is 41.8 Å². The van der Waals surface area contributed by atoms with Gasteiger partial charge in [-0.3, -0.25) is 14.4 Å². The zero-order valence-electron chi connectivity index (χ0n) is 21.1. The summed E-state index contributed by atoms with van der Waals surface area (Å²) in [5, 5.41) is 21.3. The molecule has 11 heteroatoms. The van der Waals surface area contributed by atoms with Crippen molar-refractivity contribution in [1.82, 2.24) is 15.1 Å². The Kier molecular flexibility index (Phi) is 9.76. The molecular weight excluding hydrogens is 481 g/mol. The number of aliphatic carboxylic acids is 1. The SMILES string of the molecule is CCC(=O)N[C@H](Cc1ccc(NC(=O)[C@@H](C(=O)Nc2ccnn2CC)C2CCCCC2)c(F)c1)C(=O)O. The van der Waals surface area contributed by atoms with Crippen molar-refractivity contribution in [2.45, 2.75) is 71.4 Å². The number of rotatable bonds is 11. The number of benzene rings is 1. The van der Waals surface area contributed by atoms with Crippen LogP contribution >= 0.6 is 0 Å². The molecule has 200 valence electrons. The second-order valence-electron chi connectivity index (χ2n) is 9.22. The minimum atomic E-state index is -1.23. The van der Waals surface area contributed by atoms with Gasteiger partial charge in [-0.05, 0) is 43.4 Å². The van der Waals surface area contributed by atoms with Crippen molar-refractivity contribution in [3.63, 3.8) is 0 Å². The smallest absolute Gasteiger partial charge is 0.326 e. The van der Waals surface area contributed by atoms with Crippen LogP contribution in [0.1, 0.15) is 57.9 Å². The topological polar surface area (TPSA) is 142 Å². The highest BCUT2D eigenvalue weighted by Gasteiger charge is 2.36. The monoisotopic (exact) mass is 515 g/mol. The molecule has 37 heavy (non-hydrogen) atoms. The summed E-state index contributed by atoms with van der Waals surface area (Å²) in [6.07, 6.45) is 5.88. The number of carboxylic acids is 1. The van der Waals surface area contributed by atoms with Crippen molar-refractivity contribution < 1.29 is 28.7 Å². The lowest BCUT2D eigenvalue weighted by atomic mass is 9.79. The quantitative estimate of drug-likeness (QED) is 0.338. The number of anilines is 2. The molecule has 4 N–H and O–H groups in total. The number of carbonyl (C=O) groups is 4. The second kappa shape index (κ2) is 13.0. The second-order valence-corrected chi connectivity index (χ2v) is 9.22. The van der Waals surface area contributed by atoms with Gasteiger partial charge in [0.15, 0.2) is 0 Å². The lowest BCUT2D eigenvalue weighted by Crippen LogP contribution is -2.42. The lowest BCUT2D eigenvalue weighted by Gasteiger charge is -2.28. The molecule has 3 rings (SSSR count). The Hall–Kier alpha value is -3.76. The molecule has 1 saturated carbocycles. The van der Waals surface area contributed by atoms with Gasteiger partial charge in [-0.25, -0.2) is 13.9 Å². The average molecular weight is 516 g/mol. The van der Waals surface area contributed by atoms with Gasteiger partial charge in [0.1, 0.15) is 23.6 Å². The van der Waals surface area contributed by atoms with Crippen molar-refractivity contribution >= 4 is 35.2 Å². The van der Waals surface area contributed by atoms with E-state index in [1.807, 2.05) is 6.92 Å². The lowest BCUT2D eigenvalue weighted by molar-refractivity contribution is -0.141. The van der Waals surface area contributed by atoms with Crippen LogP contribution in [0.25, 0.3) is 0 Å². The Morgan fingerprint density at radius 3 is 2.41 bits per heavy atom. The van der Waals surface area contributed by atoms with Gasteiger partial charge < -0.3 is 21.1 Å². The molecule has 2 aromatic rings. The third-order valence-corrected chi connectivity index (χ3v) is 6.64. The summed E-state index contributed by atoms with van der Waals surface area (Å²) in [7, 11) is 0. The van der Waals surface area contributed by atoms with Crippen LogP contribution in [0.5, 0.6) is 0 Å². The van der Waals surface area contributed by atoms with Crippen LogP contribution in [-0.2, 0) is 32.1 Å². The molecule has 2 atom stereocenters. The Labute approximate surface area is 215 Å². The molecule has 0 unspecified atom stereocenters. The van der Waals surface area contributed by atoms with E-state index < -0.39 is 41.5 Å². The highest BCUT2D eigenvalue weighted by Crippen LogP contribution is 2.32. The van der Waals surface area contributed by atoms with Gasteiger partial charge in [-0.1, -0.05) is 32.3 Å². The van der Waals surface area contributed by atoms with Crippen molar-refractivity contribution in [2.24, 2.45) is 11.8 Å². The zero-order valence-corrected chi connectivity index (χ0v) is 21.1. The fraction of sp³-hybridized carbons (Fsp3) is 0.500. The normalized spacial score (nSPS) is 15.4. The molecule has 0 aliphatic heterocycles. The van der Waals surface area contributed by atoms with Crippen LogP contribution in [0.3, 0.4) is 0 Å². The van der Waals surface area contributed by atoms with Gasteiger partial charge in [-0.2, -0.15) is 5.10 Å². The molecule has 0 spiro atoms. The number of nitrogens with one attached hydrogen (secondary N) is 3. The third-order valence-electron chi connectivity index (χ3n) is 6.64. The van der Waals surface area contributed by atoms with E-state index in [2.05, 4.69) is 21.0 Å². The van der Waals surface area contributed by atoms with Crippen LogP contribution in [0.15, 0.2) is 30.5 Å². The molecule has 1 fully saturated rings. The Morgan fingerprint density at radius 1 is 1.08 bits per heavy atom. The van der Waals surface area contributed by atoms with E-state index in [9.17, 15) is 28.7 Å². The Balaban J connectivity index is 1.75. The minimum Gasteiger partial charge on any atom is -0.480 e. The fourth-order valence-electron chi connectivity index (χ4n) is 4.64. The predicted molar refractivity (Wildman–Crippen MR) is 135 cm³/mol. The largest absolute Gasteiger partial charge is 0.480 e. The maximum absolute atomic E-state index is 14.9. The van der Waals surface area contributed by atoms with E-state index in [1.54, 1.807) is 23.9 Å². The molecule has 3 amide bonds. The van der Waals surface area contributed by atoms with E-state index >= 15 is 0 Å². The van der Waals surface area contributed by atoms with Crippen LogP contribution < -0.4 is 16.0 Å². The summed E-state index contributed by atoms with van der Waals surface area (Å²) in [4.78, 5) is 49.7. The first-order valence-corrected chi connectivity index (χ1v) is 12.7. The van der Waals surface area contributed by atoms with Gasteiger partial charge in [0.25, 0.3) is 0 Å². The van der Waals surface area contributed by atoms with Crippen molar-refractivity contribution in [1.29, 1.82) is 0 Å². The predicted octanol–water partition coefficient (Wildman–Crippen LogP) is 3.34. The number of carbonyl (C=O) groups excluding carboxylic acids is 3. The van der Waals surface area contributed by atoms with Crippen molar-refractivity contribution in [3.8, 4) is 0 Å². The van der Waals surface area contributed by atoms with E-state index in [0.29, 0.717) is 17.9 Å². The summed E-state index contributed by atoms with van der Waals surface area (Å²) in [6, 6.07) is 4.40. The van der Waals surface area contributed by atoms with Crippen LogP contribution in [-0.4, -0.2) is 44.6 Å². The molecular formula is C26H34FN5O5. The number of nitrogens with zero attached hydrogens (tertiary/aromatic N) is 2. The molecule has 1 aliphatic carbocycles. The molecule has 1 aromatic carbocycles. The standard InChI is InChI=1S/C26H34FN5O5/c1-3-22(33)29-20(26(36)37)15-16-10-11-19(18(27)14-16)30-24(34)23(17-8-6-5-7-9-17)25(35)31-21-12-13-28-32(21)4-2/h10-14,17,20,23H,3-9,15H2,1-2H3,(H,29,33)(H,30,34)(H,31,35)(H,36,37)/t20-,23+/m1/s1. The van der Waals surface area contributed by atoms with Crippen LogP contribution in [0.2, 0.25) is 0 Å². The van der Waals surface area contributed by atoms with E-state index in [0.717, 1.165) is 38.2 Å². The number of carboxylic acid groups (broad SMARTS) is 1. The van der Waals surface area contributed by atoms with E-state index in [-0.39, 0.29) is 24.4 Å². The number of halogens is 1. The van der Waals surface area contributed by atoms with E-state index in [1.165, 1.54) is 12.1 Å². The number of hydrogen-bond donors (Lipinski definition) is 4. The summed E-state index contributed by atoms with van der Waals surface area (Å²) in [6.45, 7) is 4.03. The number of aromatic nitrogens is 2. The van der Waals surface area contributed by atoms with Gasteiger partial charge >= 0.3 is 5.97 Å². The molecule has 1 heterocycles. The molecule has 0 saturated heterocycles. The summed E-state index contributed by atoms with van der Waals surface area (Å²) in [5.74, 6) is -4.18. The summed E-state index contributed by atoms with van der Waals surface area (Å²) >= 11 is 0. The van der Waals surface area contributed by atoms with E-state index in [4.69, 9.17) is 0 Å². The zero-order chi connectivity index (χ0) is 26.9. The minimum absolute atomic E-state index is 0.106. The van der Waals surface area contributed by atoms with Crippen molar-refractivity contribution in [2.75, 3.05) is 10.6 Å². The number of aryl methyl sites for hydroxylation is 1. The average Bonchev–Trinajstić information content (AvgIpc) is 3.32. The Morgan fingerprint density at radius 2 is 1.78 bits per heavy atom. The van der Waals surface area contributed by atoms with Gasteiger partial charge in [-0.15, -0.1) is 0 Å². The molecule has 1 aliphatic rings. The fourth-order valence-corrected chi connectivity index (χ4v) is 4.64. The van der Waals surface area contributed by atoms with Gasteiger partial charge in [0, 0.05) is 25.5 Å². The highest BCUT2D eigenvalue weighted by molar-refractivity contribution is 6.10. The maximum atomic E-state index is 14.9. The molecule has 10 nitrogen and oxygen atoms in total. The third kappa shape index (κ3) is 7.37. The highest BCUT2D eigenvalue weighted by atomic mass is 19.1. The number of amides is 3. The first-order valence-electron chi connectivity index (χ1n) is 12.7. The van der Waals surface area contributed by atoms with Gasteiger partial charge in [0.2, 0.25) is 17.7 Å². The first-order chi connectivity index (χ1) is 17.7. The summed E-state index contributed by atoms with van der Waals surface area (Å²) in [5.41, 5.74) is 0.235. The Bertz CT molecular complexity index is 1130. The van der Waals surface area contributed by atoms with Crippen LogP contribution in [0.4, 0.5) is 15.9 Å².